The van der Waals surface area contributed by atoms with Crippen molar-refractivity contribution < 1.29 is 14.0 Å². The van der Waals surface area contributed by atoms with Crippen molar-refractivity contribution >= 4 is 11.7 Å². The van der Waals surface area contributed by atoms with Crippen LogP contribution >= 0.6 is 0 Å². The predicted molar refractivity (Wildman–Crippen MR) is 120 cm³/mol. The number of amides is 1. The average Bonchev–Trinajstić information content (AvgIpc) is 3.32. The van der Waals surface area contributed by atoms with Crippen molar-refractivity contribution in [1.82, 2.24) is 10.2 Å². The highest BCUT2D eigenvalue weighted by atomic mass is 16.3. The normalized spacial score (nSPS) is 16.0. The lowest BCUT2D eigenvalue weighted by Crippen LogP contribution is -2.46. The van der Waals surface area contributed by atoms with Crippen LogP contribution in [0.3, 0.4) is 0 Å². The van der Waals surface area contributed by atoms with E-state index in [1.165, 1.54) is 0 Å². The third-order valence-corrected chi connectivity index (χ3v) is 6.31. The van der Waals surface area contributed by atoms with Gasteiger partial charge in [0.25, 0.3) is 5.91 Å². The van der Waals surface area contributed by atoms with E-state index in [1.807, 2.05) is 48.5 Å². The molecule has 1 aliphatic rings. The lowest BCUT2D eigenvalue weighted by Gasteiger charge is -2.40. The summed E-state index contributed by atoms with van der Waals surface area (Å²) in [6.07, 6.45) is 3.23. The molecule has 0 saturated carbocycles. The minimum atomic E-state index is -0.384. The molecule has 2 heterocycles. The van der Waals surface area contributed by atoms with Gasteiger partial charge in [-0.3, -0.25) is 14.5 Å². The first-order valence-electron chi connectivity index (χ1n) is 10.8. The summed E-state index contributed by atoms with van der Waals surface area (Å²) in [5.41, 5.74) is 2.48. The molecule has 0 bridgehead atoms. The second-order valence-corrected chi connectivity index (χ2v) is 8.24. The number of hydrogen-bond donors (Lipinski definition) is 1. The minimum Gasteiger partial charge on any atom is -0.467 e. The highest BCUT2D eigenvalue weighted by Crippen LogP contribution is 2.36. The van der Waals surface area contributed by atoms with Crippen LogP contribution in [0.5, 0.6) is 0 Å². The summed E-state index contributed by atoms with van der Waals surface area (Å²) in [4.78, 5) is 27.4. The van der Waals surface area contributed by atoms with Gasteiger partial charge in [-0.25, -0.2) is 0 Å². The Morgan fingerprint density at radius 3 is 2.45 bits per heavy atom. The molecule has 1 amide bonds. The molecule has 1 aromatic heterocycles. The van der Waals surface area contributed by atoms with Gasteiger partial charge in [-0.05, 0) is 68.2 Å². The van der Waals surface area contributed by atoms with E-state index >= 15 is 0 Å². The molecule has 4 rings (SSSR count). The zero-order chi connectivity index (χ0) is 21.7. The fraction of sp³-hybridized carbons (Fsp3) is 0.308. The van der Waals surface area contributed by atoms with Gasteiger partial charge >= 0.3 is 0 Å². The van der Waals surface area contributed by atoms with Gasteiger partial charge < -0.3 is 9.73 Å². The first-order chi connectivity index (χ1) is 15.1. The Morgan fingerprint density at radius 1 is 1.00 bits per heavy atom. The second kappa shape index (κ2) is 9.31. The molecule has 1 N–H and O–H groups in total. The van der Waals surface area contributed by atoms with Crippen molar-refractivity contribution in [3.63, 3.8) is 0 Å². The third kappa shape index (κ3) is 4.78. The number of likely N-dealkylation sites (tertiary alicyclic amines) is 1. The van der Waals surface area contributed by atoms with E-state index in [-0.39, 0.29) is 17.1 Å². The minimum absolute atomic E-state index is 0.114. The number of nitrogens with zero attached hydrogens (tertiary/aromatic N) is 1. The molecule has 1 fully saturated rings. The van der Waals surface area contributed by atoms with Gasteiger partial charge in [0, 0.05) is 12.1 Å². The van der Waals surface area contributed by atoms with Crippen LogP contribution in [-0.4, -0.2) is 29.7 Å². The van der Waals surface area contributed by atoms with Crippen LogP contribution in [-0.2, 0) is 23.3 Å². The molecular formula is C26H28N2O3. The lowest BCUT2D eigenvalue weighted by atomic mass is 9.70. The van der Waals surface area contributed by atoms with Crippen molar-refractivity contribution in [2.24, 2.45) is 0 Å². The number of nitrogens with one attached hydrogen (secondary N) is 1. The molecule has 31 heavy (non-hydrogen) atoms. The summed E-state index contributed by atoms with van der Waals surface area (Å²) in [5.74, 6) is 0.857. The number of carbonyl (C=O) groups is 2. The molecule has 2 aromatic carbocycles. The standard InChI is InChI=1S/C26H28N2O3/c1-20(29)26(23-9-3-2-4-10-23)12-14-28(15-13-26)19-21-7-5-8-22(17-21)25(30)27-18-24-11-6-16-31-24/h2-11,16-17H,12-15,18-19H2,1H3,(H,27,30). The van der Waals surface area contributed by atoms with Crippen LogP contribution in [0.25, 0.3) is 0 Å². The number of ketones is 1. The summed E-state index contributed by atoms with van der Waals surface area (Å²) >= 11 is 0. The molecule has 160 valence electrons. The molecule has 0 unspecified atom stereocenters. The van der Waals surface area contributed by atoms with Gasteiger partial charge in [0.2, 0.25) is 0 Å². The van der Waals surface area contributed by atoms with Crippen LogP contribution in [0.2, 0.25) is 0 Å². The van der Waals surface area contributed by atoms with E-state index < -0.39 is 0 Å². The average molecular weight is 417 g/mol. The third-order valence-electron chi connectivity index (χ3n) is 6.31. The smallest absolute Gasteiger partial charge is 0.251 e. The Bertz CT molecular complexity index is 1020. The van der Waals surface area contributed by atoms with Gasteiger partial charge in [0.1, 0.15) is 11.5 Å². The van der Waals surface area contributed by atoms with Gasteiger partial charge in [-0.2, -0.15) is 0 Å². The molecule has 0 atom stereocenters. The number of hydrogen-bond acceptors (Lipinski definition) is 4. The molecule has 1 aliphatic heterocycles. The molecular weight excluding hydrogens is 388 g/mol. The van der Waals surface area contributed by atoms with Crippen molar-refractivity contribution in [3.8, 4) is 0 Å². The largest absolute Gasteiger partial charge is 0.467 e. The Morgan fingerprint density at radius 2 is 1.77 bits per heavy atom. The Hall–Kier alpha value is -3.18. The van der Waals surface area contributed by atoms with E-state index in [1.54, 1.807) is 19.3 Å². The zero-order valence-electron chi connectivity index (χ0n) is 17.8. The Balaban J connectivity index is 1.38. The maximum atomic E-state index is 12.6. The topological polar surface area (TPSA) is 62.6 Å². The zero-order valence-corrected chi connectivity index (χ0v) is 17.8. The lowest BCUT2D eigenvalue weighted by molar-refractivity contribution is -0.124. The fourth-order valence-corrected chi connectivity index (χ4v) is 4.45. The van der Waals surface area contributed by atoms with Gasteiger partial charge in [-0.1, -0.05) is 42.5 Å². The molecule has 5 nitrogen and oxygen atoms in total. The summed E-state index contributed by atoms with van der Waals surface area (Å²) in [6, 6.07) is 21.5. The summed E-state index contributed by atoms with van der Waals surface area (Å²) in [5, 5.41) is 2.89. The number of Topliss-reactive ketones (excluding diaryl/α,β-unsaturated/α-hetero) is 1. The molecule has 0 radical (unpaired) electrons. The van der Waals surface area contributed by atoms with Crippen LogP contribution in [0.4, 0.5) is 0 Å². The number of piperidine rings is 1. The first-order valence-corrected chi connectivity index (χ1v) is 10.8. The highest BCUT2D eigenvalue weighted by Gasteiger charge is 2.40. The summed E-state index contributed by atoms with van der Waals surface area (Å²) < 4.78 is 5.26. The second-order valence-electron chi connectivity index (χ2n) is 8.24. The highest BCUT2D eigenvalue weighted by molar-refractivity contribution is 5.94. The maximum absolute atomic E-state index is 12.6. The van der Waals surface area contributed by atoms with Crippen LogP contribution in [0.15, 0.2) is 77.4 Å². The Labute approximate surface area is 183 Å². The number of carbonyl (C=O) groups excluding carboxylic acids is 2. The molecule has 0 spiro atoms. The summed E-state index contributed by atoms with van der Waals surface area (Å²) in [6.45, 7) is 4.55. The number of furan rings is 1. The van der Waals surface area contributed by atoms with E-state index in [2.05, 4.69) is 22.3 Å². The number of benzene rings is 2. The van der Waals surface area contributed by atoms with Gasteiger partial charge in [-0.15, -0.1) is 0 Å². The maximum Gasteiger partial charge on any atom is 0.251 e. The van der Waals surface area contributed by atoms with Gasteiger partial charge in [0.15, 0.2) is 0 Å². The monoisotopic (exact) mass is 416 g/mol. The van der Waals surface area contributed by atoms with Crippen LogP contribution in [0.1, 0.15) is 47.0 Å². The van der Waals surface area contributed by atoms with E-state index in [4.69, 9.17) is 4.42 Å². The van der Waals surface area contributed by atoms with Crippen molar-refractivity contribution in [1.29, 1.82) is 0 Å². The van der Waals surface area contributed by atoms with Crippen LogP contribution in [0, 0.1) is 0 Å². The molecule has 1 saturated heterocycles. The van der Waals surface area contributed by atoms with Gasteiger partial charge in [0.05, 0.1) is 18.2 Å². The first kappa shape index (κ1) is 21.1. The SMILES string of the molecule is CC(=O)C1(c2ccccc2)CCN(Cc2cccc(C(=O)NCc3ccco3)c2)CC1. The molecule has 0 aliphatic carbocycles. The van der Waals surface area contributed by atoms with Crippen LogP contribution < -0.4 is 5.32 Å². The molecule has 3 aromatic rings. The van der Waals surface area contributed by atoms with Crippen molar-refractivity contribution in [2.75, 3.05) is 13.1 Å². The van der Waals surface area contributed by atoms with E-state index in [0.717, 1.165) is 49.4 Å². The summed E-state index contributed by atoms with van der Waals surface area (Å²) in [7, 11) is 0. The van der Waals surface area contributed by atoms with E-state index in [0.29, 0.717) is 12.1 Å². The molecule has 5 heteroatoms. The fourth-order valence-electron chi connectivity index (χ4n) is 4.45. The van der Waals surface area contributed by atoms with Crippen molar-refractivity contribution in [3.05, 3.63) is 95.4 Å². The quantitative estimate of drug-likeness (QED) is 0.623. The number of rotatable bonds is 7. The Kier molecular flexibility index (Phi) is 6.33. The van der Waals surface area contributed by atoms with E-state index in [9.17, 15) is 9.59 Å². The van der Waals surface area contributed by atoms with Crippen molar-refractivity contribution in [2.45, 2.75) is 38.3 Å². The predicted octanol–water partition coefficient (Wildman–Crippen LogP) is 4.33.